The molecule has 0 saturated carbocycles. The Hall–Kier alpha value is -2.08. The van der Waals surface area contributed by atoms with Crippen molar-refractivity contribution >= 4 is 34.4 Å². The third-order valence-corrected chi connectivity index (χ3v) is 3.63. The molecule has 2 aromatic rings. The van der Waals surface area contributed by atoms with Crippen molar-refractivity contribution < 1.29 is 19.1 Å². The lowest BCUT2D eigenvalue weighted by molar-refractivity contribution is -0.139. The highest BCUT2D eigenvalue weighted by atomic mass is 35.5. The van der Waals surface area contributed by atoms with E-state index in [1.54, 1.807) is 0 Å². The number of hydrogen-bond donors (Lipinski definition) is 3. The van der Waals surface area contributed by atoms with Gasteiger partial charge < -0.3 is 15.4 Å². The number of aromatic nitrogens is 1. The van der Waals surface area contributed by atoms with Crippen molar-refractivity contribution in [2.75, 3.05) is 0 Å². The molecule has 1 unspecified atom stereocenters. The van der Waals surface area contributed by atoms with E-state index in [9.17, 15) is 14.0 Å². The first kappa shape index (κ1) is 16.3. The van der Waals surface area contributed by atoms with E-state index in [1.165, 1.54) is 18.2 Å². The number of nitrogens with one attached hydrogen (secondary N) is 2. The molecule has 1 aromatic carbocycles. The minimum absolute atomic E-state index is 0.0253. The van der Waals surface area contributed by atoms with Crippen LogP contribution in [0, 0.1) is 11.7 Å². The average molecular weight is 327 g/mol. The number of H-pyrrole nitrogens is 1. The molecule has 5 nitrogen and oxygen atoms in total. The van der Waals surface area contributed by atoms with Crippen LogP contribution in [-0.4, -0.2) is 28.0 Å². The van der Waals surface area contributed by atoms with E-state index in [4.69, 9.17) is 16.7 Å². The summed E-state index contributed by atoms with van der Waals surface area (Å²) in [5.74, 6) is -2.10. The number of benzene rings is 1. The number of carboxylic acids is 1. The molecule has 0 aliphatic carbocycles. The van der Waals surface area contributed by atoms with Crippen LogP contribution in [-0.2, 0) is 4.79 Å². The number of carbonyl (C=O) groups is 2. The van der Waals surface area contributed by atoms with Crippen LogP contribution in [0.3, 0.4) is 0 Å². The fourth-order valence-electron chi connectivity index (χ4n) is 2.21. The number of halogens is 2. The minimum atomic E-state index is -1.11. The number of hydrogen-bond acceptors (Lipinski definition) is 2. The van der Waals surface area contributed by atoms with E-state index in [1.807, 2.05) is 13.8 Å². The molecule has 0 aliphatic heterocycles. The Labute approximate surface area is 131 Å². The first-order valence-electron chi connectivity index (χ1n) is 6.80. The lowest BCUT2D eigenvalue weighted by Crippen LogP contribution is -2.41. The number of carbonyl (C=O) groups excluding carboxylic acids is 1. The molecule has 2 rings (SSSR count). The Morgan fingerprint density at radius 3 is 2.68 bits per heavy atom. The van der Waals surface area contributed by atoms with Gasteiger partial charge in [-0.15, -0.1) is 0 Å². The van der Waals surface area contributed by atoms with E-state index >= 15 is 0 Å². The molecule has 1 atom stereocenters. The topological polar surface area (TPSA) is 82.2 Å². The highest BCUT2D eigenvalue weighted by molar-refractivity contribution is 6.38. The van der Waals surface area contributed by atoms with Crippen molar-refractivity contribution in [3.05, 3.63) is 34.7 Å². The van der Waals surface area contributed by atoms with Crippen LogP contribution in [0.1, 0.15) is 30.8 Å². The predicted octanol–water partition coefficient (Wildman–Crippen LogP) is 3.19. The van der Waals surface area contributed by atoms with Gasteiger partial charge in [-0.3, -0.25) is 4.79 Å². The molecule has 0 aliphatic rings. The third kappa shape index (κ3) is 3.39. The highest BCUT2D eigenvalue weighted by Gasteiger charge is 2.24. The summed E-state index contributed by atoms with van der Waals surface area (Å²) in [5.41, 5.74) is 0.532. The lowest BCUT2D eigenvalue weighted by Gasteiger charge is -2.16. The Bertz CT molecular complexity index is 727. The molecule has 0 saturated heterocycles. The van der Waals surface area contributed by atoms with Crippen LogP contribution in [0.2, 0.25) is 5.02 Å². The Kier molecular flexibility index (Phi) is 4.71. The van der Waals surface area contributed by atoms with Crippen molar-refractivity contribution in [3.63, 3.8) is 0 Å². The zero-order chi connectivity index (χ0) is 16.4. The molecule has 0 bridgehead atoms. The van der Waals surface area contributed by atoms with E-state index in [-0.39, 0.29) is 16.6 Å². The maximum atomic E-state index is 13.2. The summed E-state index contributed by atoms with van der Waals surface area (Å²) in [6, 6.07) is 2.92. The van der Waals surface area contributed by atoms with Gasteiger partial charge in [-0.05, 0) is 30.5 Å². The second-order valence-electron chi connectivity index (χ2n) is 5.50. The number of amides is 1. The quantitative estimate of drug-likeness (QED) is 0.789. The third-order valence-electron chi connectivity index (χ3n) is 3.23. The summed E-state index contributed by atoms with van der Waals surface area (Å²) in [4.78, 5) is 26.2. The summed E-state index contributed by atoms with van der Waals surface area (Å²) < 4.78 is 13.2. The predicted molar refractivity (Wildman–Crippen MR) is 81.6 cm³/mol. The maximum absolute atomic E-state index is 13.2. The smallest absolute Gasteiger partial charge is 0.326 e. The van der Waals surface area contributed by atoms with Gasteiger partial charge >= 0.3 is 5.97 Å². The summed E-state index contributed by atoms with van der Waals surface area (Å²) in [7, 11) is 0. The van der Waals surface area contributed by atoms with E-state index < -0.39 is 23.7 Å². The van der Waals surface area contributed by atoms with Gasteiger partial charge in [0.2, 0.25) is 0 Å². The van der Waals surface area contributed by atoms with Crippen LogP contribution in [0.25, 0.3) is 10.9 Å². The highest BCUT2D eigenvalue weighted by Crippen LogP contribution is 2.28. The van der Waals surface area contributed by atoms with Crippen molar-refractivity contribution in [1.29, 1.82) is 0 Å². The molecule has 118 valence electrons. The molecular formula is C15H16ClFN2O3. The molecule has 7 heteroatoms. The van der Waals surface area contributed by atoms with Gasteiger partial charge in [0.15, 0.2) is 0 Å². The summed E-state index contributed by atoms with van der Waals surface area (Å²) in [5, 5.41) is 12.0. The molecule has 0 fully saturated rings. The van der Waals surface area contributed by atoms with Crippen LogP contribution < -0.4 is 5.32 Å². The van der Waals surface area contributed by atoms with Crippen molar-refractivity contribution in [2.45, 2.75) is 26.3 Å². The average Bonchev–Trinajstić information content (AvgIpc) is 2.74. The number of carboxylic acid groups (broad SMARTS) is 1. The van der Waals surface area contributed by atoms with E-state index in [0.29, 0.717) is 17.3 Å². The Morgan fingerprint density at radius 2 is 2.09 bits per heavy atom. The summed E-state index contributed by atoms with van der Waals surface area (Å²) >= 11 is 6.09. The second kappa shape index (κ2) is 6.36. The molecule has 0 radical (unpaired) electrons. The van der Waals surface area contributed by atoms with E-state index in [2.05, 4.69) is 10.3 Å². The first-order chi connectivity index (χ1) is 10.3. The maximum Gasteiger partial charge on any atom is 0.326 e. The van der Waals surface area contributed by atoms with Gasteiger partial charge in [0.05, 0.1) is 5.02 Å². The molecule has 0 spiro atoms. The molecule has 1 amide bonds. The van der Waals surface area contributed by atoms with Gasteiger partial charge in [-0.1, -0.05) is 25.4 Å². The molecule has 22 heavy (non-hydrogen) atoms. The zero-order valence-corrected chi connectivity index (χ0v) is 12.9. The molecule has 1 heterocycles. The van der Waals surface area contributed by atoms with Gasteiger partial charge in [0, 0.05) is 10.9 Å². The molecule has 3 N–H and O–H groups in total. The standard InChI is InChI=1S/C15H16ClFN2O3/c1-7(2)5-11(15(21)22)19-14(20)13-12(16)9-6-8(17)3-4-10(9)18-13/h3-4,6-7,11,18H,5H2,1-2H3,(H,19,20)(H,21,22). The largest absolute Gasteiger partial charge is 0.480 e. The van der Waals surface area contributed by atoms with Gasteiger partial charge in [-0.2, -0.15) is 0 Å². The SMILES string of the molecule is CC(C)CC(NC(=O)c1[nH]c2ccc(F)cc2c1Cl)C(=O)O. The molecular weight excluding hydrogens is 311 g/mol. The number of rotatable bonds is 5. The van der Waals surface area contributed by atoms with Gasteiger partial charge in [0.1, 0.15) is 17.6 Å². The van der Waals surface area contributed by atoms with Crippen LogP contribution in [0.15, 0.2) is 18.2 Å². The zero-order valence-electron chi connectivity index (χ0n) is 12.1. The normalized spacial score (nSPS) is 12.6. The van der Waals surface area contributed by atoms with Crippen LogP contribution in [0.4, 0.5) is 4.39 Å². The second-order valence-corrected chi connectivity index (χ2v) is 5.88. The molecule has 1 aromatic heterocycles. The minimum Gasteiger partial charge on any atom is -0.480 e. The first-order valence-corrected chi connectivity index (χ1v) is 7.17. The van der Waals surface area contributed by atoms with Crippen LogP contribution in [0.5, 0.6) is 0 Å². The fourth-order valence-corrected chi connectivity index (χ4v) is 2.50. The summed E-state index contributed by atoms with van der Waals surface area (Å²) in [6.45, 7) is 3.72. The van der Waals surface area contributed by atoms with Crippen LogP contribution >= 0.6 is 11.6 Å². The number of aliphatic carboxylic acids is 1. The Morgan fingerprint density at radius 1 is 1.41 bits per heavy atom. The summed E-state index contributed by atoms with van der Waals surface area (Å²) in [6.07, 6.45) is 0.299. The van der Waals surface area contributed by atoms with Crippen molar-refractivity contribution in [1.82, 2.24) is 10.3 Å². The van der Waals surface area contributed by atoms with Gasteiger partial charge in [-0.25, -0.2) is 9.18 Å². The Balaban J connectivity index is 2.29. The number of aromatic amines is 1. The number of fused-ring (bicyclic) bond motifs is 1. The lowest BCUT2D eigenvalue weighted by atomic mass is 10.0. The van der Waals surface area contributed by atoms with Gasteiger partial charge in [0.25, 0.3) is 5.91 Å². The van der Waals surface area contributed by atoms with Crippen molar-refractivity contribution in [2.24, 2.45) is 5.92 Å². The van der Waals surface area contributed by atoms with Crippen molar-refractivity contribution in [3.8, 4) is 0 Å². The fraction of sp³-hybridized carbons (Fsp3) is 0.333. The van der Waals surface area contributed by atoms with E-state index in [0.717, 1.165) is 0 Å². The monoisotopic (exact) mass is 326 g/mol.